The third-order valence-electron chi connectivity index (χ3n) is 2.21. The first-order valence-electron chi connectivity index (χ1n) is 4.14. The van der Waals surface area contributed by atoms with E-state index in [2.05, 4.69) is 20.9 Å². The standard InChI is InChI=1S/C9H11BrN2/c10-7-3-4-12-8(5-7)9(11)6-1-2-6/h3-6,9H,1-2,11H2/t9-/m1/s1. The van der Waals surface area contributed by atoms with Gasteiger partial charge >= 0.3 is 0 Å². The van der Waals surface area contributed by atoms with E-state index in [0.29, 0.717) is 5.92 Å². The first-order chi connectivity index (χ1) is 5.77. The maximum atomic E-state index is 5.99. The van der Waals surface area contributed by atoms with Crippen LogP contribution in [0.5, 0.6) is 0 Å². The molecule has 64 valence electrons. The molecule has 1 fully saturated rings. The lowest BCUT2D eigenvalue weighted by Crippen LogP contribution is -2.13. The quantitative estimate of drug-likeness (QED) is 0.841. The summed E-state index contributed by atoms with van der Waals surface area (Å²) in [6.07, 6.45) is 4.31. The van der Waals surface area contributed by atoms with Gasteiger partial charge in [0.05, 0.1) is 5.69 Å². The van der Waals surface area contributed by atoms with E-state index < -0.39 is 0 Å². The molecule has 0 saturated heterocycles. The van der Waals surface area contributed by atoms with Crippen LogP contribution >= 0.6 is 15.9 Å². The summed E-state index contributed by atoms with van der Waals surface area (Å²) < 4.78 is 1.06. The van der Waals surface area contributed by atoms with E-state index in [1.165, 1.54) is 12.8 Å². The summed E-state index contributed by atoms with van der Waals surface area (Å²) in [4.78, 5) is 4.25. The number of halogens is 1. The first-order valence-corrected chi connectivity index (χ1v) is 4.93. The summed E-state index contributed by atoms with van der Waals surface area (Å²) in [5, 5.41) is 0. The molecule has 2 rings (SSSR count). The van der Waals surface area contributed by atoms with Gasteiger partial charge in [-0.3, -0.25) is 4.98 Å². The van der Waals surface area contributed by atoms with Crippen molar-refractivity contribution in [2.75, 3.05) is 0 Å². The van der Waals surface area contributed by atoms with E-state index in [1.54, 1.807) is 6.20 Å². The van der Waals surface area contributed by atoms with Gasteiger partial charge in [0.2, 0.25) is 0 Å². The topological polar surface area (TPSA) is 38.9 Å². The Bertz CT molecular complexity index is 284. The molecule has 1 aromatic heterocycles. The van der Waals surface area contributed by atoms with Crippen LogP contribution in [0.4, 0.5) is 0 Å². The molecule has 0 aromatic carbocycles. The third-order valence-corrected chi connectivity index (χ3v) is 2.71. The Balaban J connectivity index is 2.20. The molecule has 0 bridgehead atoms. The highest BCUT2D eigenvalue weighted by molar-refractivity contribution is 9.10. The van der Waals surface area contributed by atoms with Crippen molar-refractivity contribution in [2.24, 2.45) is 11.7 Å². The normalized spacial score (nSPS) is 19.2. The molecule has 1 aliphatic rings. The second-order valence-electron chi connectivity index (χ2n) is 3.26. The minimum Gasteiger partial charge on any atom is -0.322 e. The van der Waals surface area contributed by atoms with Gasteiger partial charge in [-0.1, -0.05) is 15.9 Å². The maximum absolute atomic E-state index is 5.99. The average Bonchev–Trinajstić information content (AvgIpc) is 2.85. The fourth-order valence-corrected chi connectivity index (χ4v) is 1.65. The van der Waals surface area contributed by atoms with Gasteiger partial charge < -0.3 is 5.73 Å². The van der Waals surface area contributed by atoms with Gasteiger partial charge in [0.15, 0.2) is 0 Å². The molecule has 0 aliphatic heterocycles. The van der Waals surface area contributed by atoms with E-state index in [1.807, 2.05) is 12.1 Å². The monoisotopic (exact) mass is 226 g/mol. The SMILES string of the molecule is N[C@@H](c1cc(Br)ccn1)C1CC1. The Kier molecular flexibility index (Phi) is 2.15. The highest BCUT2D eigenvalue weighted by Gasteiger charge is 2.30. The van der Waals surface area contributed by atoms with E-state index >= 15 is 0 Å². The lowest BCUT2D eigenvalue weighted by Gasteiger charge is -2.08. The molecule has 3 heteroatoms. The maximum Gasteiger partial charge on any atom is 0.0585 e. The van der Waals surface area contributed by atoms with Gasteiger partial charge in [0.25, 0.3) is 0 Å². The van der Waals surface area contributed by atoms with Gasteiger partial charge in [-0.15, -0.1) is 0 Å². The summed E-state index contributed by atoms with van der Waals surface area (Å²) >= 11 is 3.40. The van der Waals surface area contributed by atoms with Crippen LogP contribution in [0.3, 0.4) is 0 Å². The van der Waals surface area contributed by atoms with E-state index in [-0.39, 0.29) is 6.04 Å². The second-order valence-corrected chi connectivity index (χ2v) is 4.18. The molecule has 2 nitrogen and oxygen atoms in total. The molecular formula is C9H11BrN2. The summed E-state index contributed by atoms with van der Waals surface area (Å²) in [6, 6.07) is 4.06. The summed E-state index contributed by atoms with van der Waals surface area (Å²) in [5.41, 5.74) is 6.99. The summed E-state index contributed by atoms with van der Waals surface area (Å²) in [7, 11) is 0. The van der Waals surface area contributed by atoms with Gasteiger partial charge in [-0.05, 0) is 30.9 Å². The van der Waals surface area contributed by atoms with Crippen LogP contribution in [-0.2, 0) is 0 Å². The van der Waals surface area contributed by atoms with Crippen LogP contribution < -0.4 is 5.73 Å². The molecule has 0 amide bonds. The third kappa shape index (κ3) is 1.67. The van der Waals surface area contributed by atoms with Gasteiger partial charge in [0.1, 0.15) is 0 Å². The Labute approximate surface area is 80.3 Å². The Hall–Kier alpha value is -0.410. The van der Waals surface area contributed by atoms with Crippen molar-refractivity contribution in [1.82, 2.24) is 4.98 Å². The van der Waals surface area contributed by atoms with Crippen molar-refractivity contribution < 1.29 is 0 Å². The van der Waals surface area contributed by atoms with Crippen LogP contribution in [0.15, 0.2) is 22.8 Å². The van der Waals surface area contributed by atoms with Crippen molar-refractivity contribution in [3.05, 3.63) is 28.5 Å². The van der Waals surface area contributed by atoms with Gasteiger partial charge in [0, 0.05) is 16.7 Å². The van der Waals surface area contributed by atoms with Crippen LogP contribution in [-0.4, -0.2) is 4.98 Å². The molecule has 0 unspecified atom stereocenters. The zero-order chi connectivity index (χ0) is 8.55. The number of pyridine rings is 1. The van der Waals surface area contributed by atoms with Crippen molar-refractivity contribution >= 4 is 15.9 Å². The summed E-state index contributed by atoms with van der Waals surface area (Å²) in [5.74, 6) is 0.673. The van der Waals surface area contributed by atoms with E-state index in [4.69, 9.17) is 5.73 Å². The molecule has 0 spiro atoms. The van der Waals surface area contributed by atoms with Crippen molar-refractivity contribution in [1.29, 1.82) is 0 Å². The number of nitrogens with two attached hydrogens (primary N) is 1. The number of aromatic nitrogens is 1. The molecule has 1 heterocycles. The van der Waals surface area contributed by atoms with E-state index in [9.17, 15) is 0 Å². The molecule has 12 heavy (non-hydrogen) atoms. The lowest BCUT2D eigenvalue weighted by molar-refractivity contribution is 0.614. The van der Waals surface area contributed by atoms with Crippen molar-refractivity contribution in [2.45, 2.75) is 18.9 Å². The van der Waals surface area contributed by atoms with Crippen LogP contribution in [0, 0.1) is 5.92 Å². The van der Waals surface area contributed by atoms with E-state index in [0.717, 1.165) is 10.2 Å². The van der Waals surface area contributed by atoms with Crippen LogP contribution in [0.1, 0.15) is 24.6 Å². The van der Waals surface area contributed by atoms with Gasteiger partial charge in [-0.25, -0.2) is 0 Å². The highest BCUT2D eigenvalue weighted by atomic mass is 79.9. The highest BCUT2D eigenvalue weighted by Crippen LogP contribution is 2.38. The Morgan fingerprint density at radius 3 is 2.92 bits per heavy atom. The Morgan fingerprint density at radius 1 is 1.58 bits per heavy atom. The predicted octanol–water partition coefficient (Wildman–Crippen LogP) is 2.25. The molecule has 1 aromatic rings. The number of hydrogen-bond acceptors (Lipinski definition) is 2. The molecule has 1 saturated carbocycles. The lowest BCUT2D eigenvalue weighted by atomic mass is 10.1. The van der Waals surface area contributed by atoms with Crippen LogP contribution in [0.2, 0.25) is 0 Å². The minimum absolute atomic E-state index is 0.141. The fourth-order valence-electron chi connectivity index (χ4n) is 1.30. The molecule has 1 aliphatic carbocycles. The number of hydrogen-bond donors (Lipinski definition) is 1. The zero-order valence-corrected chi connectivity index (χ0v) is 8.29. The smallest absolute Gasteiger partial charge is 0.0585 e. The summed E-state index contributed by atoms with van der Waals surface area (Å²) in [6.45, 7) is 0. The van der Waals surface area contributed by atoms with Crippen LogP contribution in [0.25, 0.3) is 0 Å². The van der Waals surface area contributed by atoms with Gasteiger partial charge in [-0.2, -0.15) is 0 Å². The predicted molar refractivity (Wildman–Crippen MR) is 51.6 cm³/mol. The van der Waals surface area contributed by atoms with Crippen molar-refractivity contribution in [3.8, 4) is 0 Å². The Morgan fingerprint density at radius 2 is 2.33 bits per heavy atom. The molecule has 2 N–H and O–H groups in total. The molecule has 0 radical (unpaired) electrons. The van der Waals surface area contributed by atoms with Crippen molar-refractivity contribution in [3.63, 3.8) is 0 Å². The molecular weight excluding hydrogens is 216 g/mol. The number of nitrogens with zero attached hydrogens (tertiary/aromatic N) is 1. The number of rotatable bonds is 2. The fraction of sp³-hybridized carbons (Fsp3) is 0.444. The minimum atomic E-state index is 0.141. The average molecular weight is 227 g/mol. The first kappa shape index (κ1) is 8.20. The molecule has 1 atom stereocenters. The second kappa shape index (κ2) is 3.15. The zero-order valence-electron chi connectivity index (χ0n) is 6.70. The largest absolute Gasteiger partial charge is 0.322 e.